The van der Waals surface area contributed by atoms with E-state index in [1.54, 1.807) is 0 Å². The van der Waals surface area contributed by atoms with Gasteiger partial charge in [0.25, 0.3) is 0 Å². The lowest BCUT2D eigenvalue weighted by Crippen LogP contribution is -2.58. The van der Waals surface area contributed by atoms with Crippen LogP contribution in [0.15, 0.2) is 12.7 Å². The molecule has 30 nitrogen and oxygen atoms in total. The van der Waals surface area contributed by atoms with Crippen LogP contribution < -0.4 is 27.8 Å². The van der Waals surface area contributed by atoms with Crippen molar-refractivity contribution in [1.29, 1.82) is 0 Å². The van der Waals surface area contributed by atoms with Crippen LogP contribution in [0.25, 0.3) is 11.2 Å². The molecule has 4 heterocycles. The zero-order valence-electron chi connectivity index (χ0n) is 51.1. The summed E-state index contributed by atoms with van der Waals surface area (Å²) >= 11 is 0. The molecule has 2 fully saturated rings. The van der Waals surface area contributed by atoms with Gasteiger partial charge in [-0.05, 0) is 83.7 Å². The van der Waals surface area contributed by atoms with E-state index >= 15 is 0 Å². The molecule has 0 spiro atoms. The molecule has 4 rings (SSSR count). The van der Waals surface area contributed by atoms with Crippen molar-refractivity contribution in [3.05, 3.63) is 12.7 Å². The van der Waals surface area contributed by atoms with Crippen molar-refractivity contribution in [1.82, 2.24) is 35.1 Å². The molecule has 2 aliphatic rings. The minimum absolute atomic E-state index is 0.00313. The molecular weight excluding hydrogens is 1190 g/mol. The van der Waals surface area contributed by atoms with Crippen molar-refractivity contribution in [2.45, 2.75) is 197 Å². The predicted molar refractivity (Wildman–Crippen MR) is 321 cm³/mol. The van der Waals surface area contributed by atoms with E-state index in [9.17, 15) is 52.8 Å². The summed E-state index contributed by atoms with van der Waals surface area (Å²) in [4.78, 5) is 112. The number of phosphoric ester groups is 2. The number of imidazole rings is 1. The van der Waals surface area contributed by atoms with Crippen LogP contribution in [0.5, 0.6) is 0 Å². The van der Waals surface area contributed by atoms with Crippen molar-refractivity contribution in [2.75, 3.05) is 98.5 Å². The van der Waals surface area contributed by atoms with E-state index in [-0.39, 0.29) is 150 Å². The van der Waals surface area contributed by atoms with Gasteiger partial charge >= 0.3 is 15.6 Å². The highest BCUT2D eigenvalue weighted by Gasteiger charge is 2.45. The lowest BCUT2D eigenvalue weighted by atomic mass is 10.0. The number of Topliss-reactive ketones (excluding diaryl/α,β-unsaturated/α-hetero) is 3. The number of aliphatic hydroxyl groups excluding tert-OH is 2. The number of ketones is 3. The Balaban J connectivity index is 1.26. The van der Waals surface area contributed by atoms with Gasteiger partial charge < -0.3 is 71.7 Å². The number of nitrogens with zero attached hydrogens (tertiary/aromatic N) is 5. The molecule has 0 aliphatic carbocycles. The molecule has 3 amide bonds. The van der Waals surface area contributed by atoms with Crippen LogP contribution in [0.2, 0.25) is 0 Å². The first-order valence-corrected chi connectivity index (χ1v) is 33.8. The van der Waals surface area contributed by atoms with E-state index < -0.39 is 65.0 Å². The molecule has 0 aromatic carbocycles. The number of fused-ring (bicyclic) bond motifs is 1. The Kier molecular flexibility index (Phi) is 36.3. The van der Waals surface area contributed by atoms with E-state index in [2.05, 4.69) is 30.1 Å². The van der Waals surface area contributed by atoms with Crippen molar-refractivity contribution >= 4 is 67.7 Å². The van der Waals surface area contributed by atoms with Gasteiger partial charge in [0.05, 0.1) is 71.3 Å². The molecule has 2 aromatic heterocycles. The molecule has 12 N–H and O–H groups in total. The number of nitrogens with two attached hydrogens (primary N) is 3. The third-order valence-electron chi connectivity index (χ3n) is 14.9. The second-order valence-corrected chi connectivity index (χ2v) is 25.3. The number of carbonyl (C=O) groups is 6. The average molecular weight is 1290 g/mol. The van der Waals surface area contributed by atoms with Gasteiger partial charge in [0, 0.05) is 91.0 Å². The molecule has 0 radical (unpaired) electrons. The van der Waals surface area contributed by atoms with E-state index in [0.29, 0.717) is 110 Å². The highest BCUT2D eigenvalue weighted by molar-refractivity contribution is 7.47. The fourth-order valence-electron chi connectivity index (χ4n) is 10.0. The Labute approximate surface area is 515 Å². The molecule has 2 saturated heterocycles. The second-order valence-electron chi connectivity index (χ2n) is 22.3. The molecule has 0 bridgehead atoms. The number of nitrogen functional groups attached to an aromatic ring is 1. The number of rotatable bonds is 52. The number of β-amino-alcohol motifs (C(OH)–C–C–N with tert-alkyl or cyclic N) is 1. The molecule has 2 aromatic rings. The maximum atomic E-state index is 13.7. The number of ether oxygens (including phenoxy) is 4. The van der Waals surface area contributed by atoms with Crippen molar-refractivity contribution in [3.8, 4) is 0 Å². The van der Waals surface area contributed by atoms with Gasteiger partial charge in [0.2, 0.25) is 17.7 Å². The van der Waals surface area contributed by atoms with Gasteiger partial charge in [0.15, 0.2) is 11.5 Å². The van der Waals surface area contributed by atoms with Gasteiger partial charge in [0.1, 0.15) is 53.2 Å². The first-order valence-electron chi connectivity index (χ1n) is 30.8. The molecule has 502 valence electrons. The van der Waals surface area contributed by atoms with Crippen LogP contribution >= 0.6 is 15.6 Å². The summed E-state index contributed by atoms with van der Waals surface area (Å²) in [5, 5.41) is 25.4. The van der Waals surface area contributed by atoms with Crippen molar-refractivity contribution in [3.63, 3.8) is 0 Å². The maximum Gasteiger partial charge on any atom is 0.472 e. The number of amides is 3. The largest absolute Gasteiger partial charge is 0.472 e. The van der Waals surface area contributed by atoms with Gasteiger partial charge in [-0.1, -0.05) is 25.7 Å². The number of hydrogen-bond donors (Lipinski definition) is 9. The molecule has 88 heavy (non-hydrogen) atoms. The average Bonchev–Trinajstić information content (AvgIpc) is 1.78. The number of likely N-dealkylation sites (tertiary alicyclic amines) is 1. The van der Waals surface area contributed by atoms with Gasteiger partial charge in [-0.25, -0.2) is 24.1 Å². The SMILES string of the molecule is COP(=O)(O)OC[C@H]1O[C@@H](n2cnc3c(N)ncnc32)CC1OP(=O)(O)OC[C@@H]1C[C@@H](O)CN1C(=O)CCCCCCCCC(=O)NC(COCCC(=O)CCCCN)(COCCC(=O)CCCCN)COCCC(=O)NCCCCC(=O)CCCCO. The second kappa shape index (κ2) is 41.9. The summed E-state index contributed by atoms with van der Waals surface area (Å²) in [6.45, 7) is 0.217. The fourth-order valence-corrected chi connectivity index (χ4v) is 11.4. The van der Waals surface area contributed by atoms with E-state index in [4.69, 9.17) is 54.8 Å². The highest BCUT2D eigenvalue weighted by Crippen LogP contribution is 2.50. The summed E-state index contributed by atoms with van der Waals surface area (Å²) in [5.41, 5.74) is 16.4. The molecule has 0 saturated carbocycles. The number of phosphoric acid groups is 2. The van der Waals surface area contributed by atoms with E-state index in [1.807, 2.05) is 0 Å². The number of hydrogen-bond acceptors (Lipinski definition) is 24. The normalized spacial score (nSPS) is 19.2. The summed E-state index contributed by atoms with van der Waals surface area (Å²) in [6.07, 6.45) is 9.69. The van der Waals surface area contributed by atoms with Crippen LogP contribution in [0.1, 0.15) is 167 Å². The molecule has 2 aliphatic heterocycles. The number of carbonyl (C=O) groups excluding carboxylic acids is 6. The molecule has 3 unspecified atom stereocenters. The van der Waals surface area contributed by atoms with Crippen LogP contribution in [0.3, 0.4) is 0 Å². The lowest BCUT2D eigenvalue weighted by Gasteiger charge is -2.34. The molecular formula is C56H98N10O20P2. The summed E-state index contributed by atoms with van der Waals surface area (Å²) in [7, 11) is -8.45. The summed E-state index contributed by atoms with van der Waals surface area (Å²) in [6, 6.07) is -0.759. The summed E-state index contributed by atoms with van der Waals surface area (Å²) in [5.74, 6) is -0.576. The summed E-state index contributed by atoms with van der Waals surface area (Å²) < 4.78 is 71.8. The predicted octanol–water partition coefficient (Wildman–Crippen LogP) is 3.53. The van der Waals surface area contributed by atoms with Crippen molar-refractivity contribution < 1.29 is 94.9 Å². The van der Waals surface area contributed by atoms with E-state index in [0.717, 1.165) is 32.8 Å². The minimum atomic E-state index is -4.92. The third-order valence-corrected chi connectivity index (χ3v) is 16.9. The van der Waals surface area contributed by atoms with Gasteiger partial charge in [-0.15, -0.1) is 0 Å². The standard InChI is InChI=1S/C56H98N10O20P2/c1-79-87(75,76)84-36-48-47(33-52(85-48)66-41-63-53-54(59)61-40-62-55(53)66)86-88(77,78)83-35-42-32-46(71)34-65(42)51(74)21-7-5-3-2-4-6-20-50(73)64-56(37-80-29-22-44(69)16-8-12-25-57,38-81-30-23-45(70)17-9-13-26-58)39-82-31-24-49(72)60-27-14-10-18-43(68)19-11-15-28-67/h40-42,46-48,52,67,71H,2-39,57-58H2,1H3,(H,60,72)(H,64,73)(H,75,76)(H,77,78)(H2,59,61,62)/t42-,46+,47?,48+,52+/m0/s1. The number of anilines is 1. The third kappa shape index (κ3) is 29.7. The molecule has 32 heteroatoms. The first-order chi connectivity index (χ1) is 42.2. The topological polar surface area (TPSA) is 440 Å². The Morgan fingerprint density at radius 3 is 1.85 bits per heavy atom. The highest BCUT2D eigenvalue weighted by atomic mass is 31.2. The van der Waals surface area contributed by atoms with Gasteiger partial charge in [-0.3, -0.25) is 51.4 Å². The van der Waals surface area contributed by atoms with Crippen LogP contribution in [0, 0.1) is 0 Å². The Morgan fingerprint density at radius 2 is 1.24 bits per heavy atom. The number of nitrogens with one attached hydrogen (secondary N) is 2. The van der Waals surface area contributed by atoms with Crippen LogP contribution in [-0.4, -0.2) is 202 Å². The quantitative estimate of drug-likeness (QED) is 0.0338. The van der Waals surface area contributed by atoms with Crippen LogP contribution in [0.4, 0.5) is 5.82 Å². The molecule has 7 atom stereocenters. The smallest absolute Gasteiger partial charge is 0.396 e. The maximum absolute atomic E-state index is 13.7. The monoisotopic (exact) mass is 1290 g/mol. The number of aromatic nitrogens is 4. The Bertz CT molecular complexity index is 2490. The fraction of sp³-hybridized carbons (Fsp3) is 0.804. The zero-order chi connectivity index (χ0) is 64.2. The minimum Gasteiger partial charge on any atom is -0.396 e. The first kappa shape index (κ1) is 76.1. The Morgan fingerprint density at radius 1 is 0.682 bits per heavy atom. The lowest BCUT2D eigenvalue weighted by molar-refractivity contribution is -0.133. The Hall–Kier alpha value is -4.33. The zero-order valence-corrected chi connectivity index (χ0v) is 52.9. The number of aliphatic hydroxyl groups is 2. The van der Waals surface area contributed by atoms with Crippen molar-refractivity contribution in [2.24, 2.45) is 11.5 Å². The van der Waals surface area contributed by atoms with Crippen LogP contribution in [-0.2, 0) is 74.9 Å². The number of unbranched alkanes of at least 4 members (excludes halogenated alkanes) is 9. The van der Waals surface area contributed by atoms with Gasteiger partial charge in [-0.2, -0.15) is 0 Å². The van der Waals surface area contributed by atoms with E-state index in [1.165, 1.54) is 22.1 Å².